The Hall–Kier alpha value is -3.35. The summed E-state index contributed by atoms with van der Waals surface area (Å²) >= 11 is 0. The molecule has 108 valence electrons. The quantitative estimate of drug-likeness (QED) is 0.365. The standard InChI is InChI=1S/C15H8N2O5/c18-13-11-3-1-2-4-12(11)14(19)16(15(13)20)9-5-7-10(8-6-9)17(21)22/h1-8H. The topological polar surface area (TPSA) is 97.6 Å². The van der Waals surface area contributed by atoms with Gasteiger partial charge in [0.15, 0.2) is 0 Å². The number of nitro groups is 1. The van der Waals surface area contributed by atoms with Crippen molar-refractivity contribution in [2.24, 2.45) is 0 Å². The number of hydrogen-bond donors (Lipinski definition) is 0. The zero-order chi connectivity index (χ0) is 15.9. The Morgan fingerprint density at radius 3 is 2.00 bits per heavy atom. The minimum Gasteiger partial charge on any atom is -0.283 e. The molecule has 1 aliphatic rings. The summed E-state index contributed by atoms with van der Waals surface area (Å²) < 4.78 is 0. The number of nitro benzene ring substituents is 1. The molecule has 0 saturated carbocycles. The highest BCUT2D eigenvalue weighted by molar-refractivity contribution is 6.55. The highest BCUT2D eigenvalue weighted by Gasteiger charge is 2.38. The molecule has 0 N–H and O–H groups in total. The molecule has 1 aliphatic heterocycles. The third-order valence-corrected chi connectivity index (χ3v) is 3.32. The molecule has 7 nitrogen and oxygen atoms in total. The predicted molar refractivity (Wildman–Crippen MR) is 75.7 cm³/mol. The lowest BCUT2D eigenvalue weighted by Gasteiger charge is -2.25. The Morgan fingerprint density at radius 2 is 1.41 bits per heavy atom. The highest BCUT2D eigenvalue weighted by atomic mass is 16.6. The van der Waals surface area contributed by atoms with Crippen LogP contribution in [-0.4, -0.2) is 22.5 Å². The molecule has 2 amide bonds. The Morgan fingerprint density at radius 1 is 0.818 bits per heavy atom. The van der Waals surface area contributed by atoms with E-state index in [0.29, 0.717) is 0 Å². The van der Waals surface area contributed by atoms with Crippen LogP contribution in [-0.2, 0) is 4.79 Å². The van der Waals surface area contributed by atoms with Crippen molar-refractivity contribution in [3.05, 3.63) is 69.8 Å². The van der Waals surface area contributed by atoms with Gasteiger partial charge in [-0.3, -0.25) is 24.5 Å². The minimum absolute atomic E-state index is 0.0654. The van der Waals surface area contributed by atoms with Crippen LogP contribution < -0.4 is 4.90 Å². The van der Waals surface area contributed by atoms with E-state index < -0.39 is 22.5 Å². The molecular formula is C15H8N2O5. The van der Waals surface area contributed by atoms with Gasteiger partial charge < -0.3 is 0 Å². The molecule has 2 aromatic rings. The number of non-ortho nitro benzene ring substituents is 1. The van der Waals surface area contributed by atoms with Crippen LogP contribution in [0.1, 0.15) is 20.7 Å². The first-order valence-corrected chi connectivity index (χ1v) is 6.27. The fraction of sp³-hybridized carbons (Fsp3) is 0. The summed E-state index contributed by atoms with van der Waals surface area (Å²) in [5.41, 5.74) is 0.136. The molecule has 0 atom stereocenters. The lowest BCUT2D eigenvalue weighted by molar-refractivity contribution is -0.384. The smallest absolute Gasteiger partial charge is 0.283 e. The van der Waals surface area contributed by atoms with Crippen molar-refractivity contribution in [3.63, 3.8) is 0 Å². The van der Waals surface area contributed by atoms with Crippen LogP contribution >= 0.6 is 0 Å². The van der Waals surface area contributed by atoms with Gasteiger partial charge >= 0.3 is 5.91 Å². The van der Waals surface area contributed by atoms with Crippen molar-refractivity contribution >= 4 is 29.0 Å². The molecule has 0 aliphatic carbocycles. The highest BCUT2D eigenvalue weighted by Crippen LogP contribution is 2.26. The van der Waals surface area contributed by atoms with E-state index in [2.05, 4.69) is 0 Å². The molecule has 0 spiro atoms. The molecule has 1 heterocycles. The van der Waals surface area contributed by atoms with Crippen molar-refractivity contribution in [1.29, 1.82) is 0 Å². The van der Waals surface area contributed by atoms with Crippen LogP contribution in [0.5, 0.6) is 0 Å². The summed E-state index contributed by atoms with van der Waals surface area (Å²) in [5, 5.41) is 10.6. The Kier molecular flexibility index (Phi) is 3.03. The van der Waals surface area contributed by atoms with Gasteiger partial charge in [-0.05, 0) is 18.2 Å². The SMILES string of the molecule is O=C1C(=O)N(c2ccc([N+](=O)[O-])cc2)C(=O)c2ccccc21. The predicted octanol–water partition coefficient (Wildman–Crippen LogP) is 1.96. The minimum atomic E-state index is -0.974. The van der Waals surface area contributed by atoms with Gasteiger partial charge in [0, 0.05) is 17.7 Å². The molecule has 22 heavy (non-hydrogen) atoms. The number of carbonyl (C=O) groups is 3. The van der Waals surface area contributed by atoms with Crippen LogP contribution in [0.3, 0.4) is 0 Å². The fourth-order valence-electron chi connectivity index (χ4n) is 2.25. The van der Waals surface area contributed by atoms with E-state index in [-0.39, 0.29) is 22.5 Å². The van der Waals surface area contributed by atoms with Crippen LogP contribution in [0.15, 0.2) is 48.5 Å². The van der Waals surface area contributed by atoms with Crippen molar-refractivity contribution in [2.45, 2.75) is 0 Å². The molecule has 2 aromatic carbocycles. The van der Waals surface area contributed by atoms with E-state index in [9.17, 15) is 24.5 Å². The number of anilines is 1. The van der Waals surface area contributed by atoms with Crippen molar-refractivity contribution in [1.82, 2.24) is 0 Å². The lowest BCUT2D eigenvalue weighted by atomic mass is 9.97. The van der Waals surface area contributed by atoms with Gasteiger partial charge in [-0.2, -0.15) is 0 Å². The van der Waals surface area contributed by atoms with Gasteiger partial charge in [-0.15, -0.1) is 0 Å². The van der Waals surface area contributed by atoms with Crippen molar-refractivity contribution < 1.29 is 19.3 Å². The van der Waals surface area contributed by atoms with Crippen molar-refractivity contribution in [3.8, 4) is 0 Å². The third-order valence-electron chi connectivity index (χ3n) is 3.32. The summed E-state index contributed by atoms with van der Waals surface area (Å²) in [5.74, 6) is -2.39. The first-order valence-electron chi connectivity index (χ1n) is 6.27. The summed E-state index contributed by atoms with van der Waals surface area (Å²) in [6.07, 6.45) is 0. The average molecular weight is 296 g/mol. The number of rotatable bonds is 2. The normalized spacial score (nSPS) is 14.0. The molecule has 0 saturated heterocycles. The molecule has 0 fully saturated rings. The zero-order valence-corrected chi connectivity index (χ0v) is 11.1. The van der Waals surface area contributed by atoms with Gasteiger partial charge in [-0.1, -0.05) is 18.2 Å². The Balaban J connectivity index is 2.08. The number of nitrogens with zero attached hydrogens (tertiary/aromatic N) is 2. The number of amides is 2. The van der Waals surface area contributed by atoms with E-state index in [1.807, 2.05) is 0 Å². The summed E-state index contributed by atoms with van der Waals surface area (Å²) in [4.78, 5) is 47.4. The summed E-state index contributed by atoms with van der Waals surface area (Å²) in [6.45, 7) is 0. The van der Waals surface area contributed by atoms with E-state index in [1.165, 1.54) is 36.4 Å². The number of benzene rings is 2. The molecular weight excluding hydrogens is 288 g/mol. The Labute approximate surface area is 123 Å². The van der Waals surface area contributed by atoms with E-state index in [1.54, 1.807) is 12.1 Å². The molecule has 0 unspecified atom stereocenters. The number of imide groups is 1. The van der Waals surface area contributed by atoms with Gasteiger partial charge in [0.2, 0.25) is 0 Å². The number of ketones is 1. The second-order valence-electron chi connectivity index (χ2n) is 4.59. The van der Waals surface area contributed by atoms with Crippen molar-refractivity contribution in [2.75, 3.05) is 4.90 Å². The van der Waals surface area contributed by atoms with Crippen LogP contribution in [0, 0.1) is 10.1 Å². The number of Topliss-reactive ketones (excluding diaryl/α,β-unsaturated/α-hetero) is 1. The number of carbonyl (C=O) groups excluding carboxylic acids is 3. The summed E-state index contributed by atoms with van der Waals surface area (Å²) in [7, 11) is 0. The fourth-order valence-corrected chi connectivity index (χ4v) is 2.25. The maximum absolute atomic E-state index is 12.4. The number of hydrogen-bond acceptors (Lipinski definition) is 5. The molecule has 3 rings (SSSR count). The van der Waals surface area contributed by atoms with Crippen LogP contribution in [0.4, 0.5) is 11.4 Å². The maximum Gasteiger partial charge on any atom is 0.306 e. The zero-order valence-electron chi connectivity index (χ0n) is 11.1. The molecule has 0 bridgehead atoms. The monoisotopic (exact) mass is 296 g/mol. The summed E-state index contributed by atoms with van der Waals surface area (Å²) in [6, 6.07) is 10.9. The number of fused-ring (bicyclic) bond motifs is 1. The lowest BCUT2D eigenvalue weighted by Crippen LogP contribution is -2.46. The largest absolute Gasteiger partial charge is 0.306 e. The van der Waals surface area contributed by atoms with E-state index >= 15 is 0 Å². The average Bonchev–Trinajstić information content (AvgIpc) is 2.53. The van der Waals surface area contributed by atoms with Gasteiger partial charge in [0.1, 0.15) is 0 Å². The van der Waals surface area contributed by atoms with Gasteiger partial charge in [-0.25, -0.2) is 4.90 Å². The second-order valence-corrected chi connectivity index (χ2v) is 4.59. The van der Waals surface area contributed by atoms with E-state index in [4.69, 9.17) is 0 Å². The molecule has 0 radical (unpaired) electrons. The molecule has 7 heteroatoms. The van der Waals surface area contributed by atoms with Gasteiger partial charge in [0.05, 0.1) is 16.2 Å². The third kappa shape index (κ3) is 1.96. The first-order chi connectivity index (χ1) is 10.5. The maximum atomic E-state index is 12.4. The van der Waals surface area contributed by atoms with Crippen LogP contribution in [0.25, 0.3) is 0 Å². The molecule has 0 aromatic heterocycles. The Bertz CT molecular complexity index is 826. The second kappa shape index (κ2) is 4.88. The van der Waals surface area contributed by atoms with E-state index in [0.717, 1.165) is 4.90 Å². The van der Waals surface area contributed by atoms with Gasteiger partial charge in [0.25, 0.3) is 17.4 Å². The van der Waals surface area contributed by atoms with Crippen LogP contribution in [0.2, 0.25) is 0 Å². The first kappa shape index (κ1) is 13.6.